The summed E-state index contributed by atoms with van der Waals surface area (Å²) < 4.78 is 31.5. The number of hydrogen-bond donors (Lipinski definition) is 1. The average molecular weight is 354 g/mol. The van der Waals surface area contributed by atoms with Crippen LogP contribution >= 0.6 is 0 Å². The number of carbonyl (C=O) groups is 1. The Kier molecular flexibility index (Phi) is 6.38. The van der Waals surface area contributed by atoms with Crippen molar-refractivity contribution >= 4 is 5.91 Å². The third-order valence-electron chi connectivity index (χ3n) is 4.70. The number of amides is 1. The van der Waals surface area contributed by atoms with Crippen molar-refractivity contribution < 1.29 is 18.3 Å². The normalized spacial score (nSPS) is 21.8. The van der Waals surface area contributed by atoms with Gasteiger partial charge in [0.1, 0.15) is 5.82 Å². The minimum absolute atomic E-state index is 0.130. The van der Waals surface area contributed by atoms with E-state index in [1.807, 2.05) is 0 Å². The smallest absolute Gasteiger partial charge is 0.258 e. The fourth-order valence-electron chi connectivity index (χ4n) is 3.37. The largest absolute Gasteiger partial charge is 0.481 e. The molecule has 0 unspecified atom stereocenters. The van der Waals surface area contributed by atoms with Crippen molar-refractivity contribution in [1.29, 1.82) is 0 Å². The zero-order valence-electron chi connectivity index (χ0n) is 15.4. The second-order valence-corrected chi connectivity index (χ2v) is 7.80. The molecule has 1 N–H and O–H groups in total. The van der Waals surface area contributed by atoms with Crippen molar-refractivity contribution in [2.45, 2.75) is 39.7 Å². The molecule has 1 aliphatic heterocycles. The van der Waals surface area contributed by atoms with Gasteiger partial charge < -0.3 is 10.1 Å². The van der Waals surface area contributed by atoms with Crippen LogP contribution < -0.4 is 10.1 Å². The Hall–Kier alpha value is -1.69. The molecule has 1 amide bonds. The Bertz CT molecular complexity index is 597. The predicted molar refractivity (Wildman–Crippen MR) is 93.5 cm³/mol. The van der Waals surface area contributed by atoms with Crippen LogP contribution in [0.2, 0.25) is 0 Å². The zero-order valence-corrected chi connectivity index (χ0v) is 15.4. The van der Waals surface area contributed by atoms with E-state index in [0.29, 0.717) is 18.4 Å². The number of nitrogens with zero attached hydrogens (tertiary/aromatic N) is 1. The van der Waals surface area contributed by atoms with Gasteiger partial charge in [-0.25, -0.2) is 8.78 Å². The Morgan fingerprint density at radius 2 is 1.92 bits per heavy atom. The minimum atomic E-state index is -0.815. The molecule has 0 saturated carbocycles. The monoisotopic (exact) mass is 354 g/mol. The molecule has 140 valence electrons. The highest BCUT2D eigenvalue weighted by Crippen LogP contribution is 2.26. The third kappa shape index (κ3) is 5.66. The average Bonchev–Trinajstić information content (AvgIpc) is 2.51. The number of carbonyl (C=O) groups excluding carboxylic acids is 1. The lowest BCUT2D eigenvalue weighted by Gasteiger charge is -2.45. The van der Waals surface area contributed by atoms with Crippen molar-refractivity contribution in [3.63, 3.8) is 0 Å². The highest BCUT2D eigenvalue weighted by molar-refractivity contribution is 5.77. The SMILES string of the molecule is C[C@@H]1C[C@@H](C)CN(C(C)(C)CNC(=O)COc2ccc(F)cc2F)C1. The Balaban J connectivity index is 1.82. The molecule has 2 rings (SSSR count). The quantitative estimate of drug-likeness (QED) is 0.853. The van der Waals surface area contributed by atoms with Crippen LogP contribution in [0.3, 0.4) is 0 Å². The van der Waals surface area contributed by atoms with E-state index < -0.39 is 11.6 Å². The van der Waals surface area contributed by atoms with E-state index in [4.69, 9.17) is 4.74 Å². The first-order chi connectivity index (χ1) is 11.7. The fraction of sp³-hybridized carbons (Fsp3) is 0.632. The third-order valence-corrected chi connectivity index (χ3v) is 4.70. The van der Waals surface area contributed by atoms with Crippen LogP contribution in [0.25, 0.3) is 0 Å². The number of halogens is 2. The van der Waals surface area contributed by atoms with Gasteiger partial charge in [0, 0.05) is 31.2 Å². The van der Waals surface area contributed by atoms with Crippen molar-refractivity contribution in [3.8, 4) is 5.75 Å². The summed E-state index contributed by atoms with van der Waals surface area (Å²) >= 11 is 0. The Morgan fingerprint density at radius 3 is 2.52 bits per heavy atom. The van der Waals surface area contributed by atoms with Crippen LogP contribution in [-0.4, -0.2) is 42.6 Å². The van der Waals surface area contributed by atoms with Gasteiger partial charge in [-0.05, 0) is 44.2 Å². The number of nitrogens with one attached hydrogen (secondary N) is 1. The highest BCUT2D eigenvalue weighted by Gasteiger charge is 2.32. The van der Waals surface area contributed by atoms with Gasteiger partial charge in [0.2, 0.25) is 0 Å². The van der Waals surface area contributed by atoms with Crippen LogP contribution in [0.4, 0.5) is 8.78 Å². The summed E-state index contributed by atoms with van der Waals surface area (Å²) in [7, 11) is 0. The molecule has 1 aromatic rings. The zero-order chi connectivity index (χ0) is 18.6. The molecule has 1 heterocycles. The van der Waals surface area contributed by atoms with Crippen LogP contribution in [0.5, 0.6) is 5.75 Å². The molecule has 0 bridgehead atoms. The second-order valence-electron chi connectivity index (χ2n) is 7.80. The molecule has 1 fully saturated rings. The molecule has 0 spiro atoms. The summed E-state index contributed by atoms with van der Waals surface area (Å²) in [4.78, 5) is 14.4. The molecular weight excluding hydrogens is 326 g/mol. The van der Waals surface area contributed by atoms with Gasteiger partial charge in [-0.15, -0.1) is 0 Å². The van der Waals surface area contributed by atoms with E-state index in [1.165, 1.54) is 12.5 Å². The number of rotatable bonds is 6. The minimum Gasteiger partial charge on any atom is -0.481 e. The Morgan fingerprint density at radius 1 is 1.28 bits per heavy atom. The maximum absolute atomic E-state index is 13.5. The molecule has 1 saturated heterocycles. The topological polar surface area (TPSA) is 41.6 Å². The summed E-state index contributed by atoms with van der Waals surface area (Å²) in [6.07, 6.45) is 1.23. The van der Waals surface area contributed by atoms with E-state index in [1.54, 1.807) is 0 Å². The molecule has 2 atom stereocenters. The van der Waals surface area contributed by atoms with Crippen LogP contribution in [-0.2, 0) is 4.79 Å². The summed E-state index contributed by atoms with van der Waals surface area (Å²) in [5, 5.41) is 2.85. The summed E-state index contributed by atoms with van der Waals surface area (Å²) in [6, 6.07) is 3.01. The first-order valence-electron chi connectivity index (χ1n) is 8.77. The maximum atomic E-state index is 13.5. The van der Waals surface area contributed by atoms with Gasteiger partial charge in [0.15, 0.2) is 18.2 Å². The van der Waals surface area contributed by atoms with Crippen LogP contribution in [0.1, 0.15) is 34.1 Å². The maximum Gasteiger partial charge on any atom is 0.258 e. The van der Waals surface area contributed by atoms with Gasteiger partial charge in [-0.1, -0.05) is 13.8 Å². The molecule has 0 aliphatic carbocycles. The van der Waals surface area contributed by atoms with Crippen molar-refractivity contribution in [2.24, 2.45) is 11.8 Å². The van der Waals surface area contributed by atoms with E-state index in [2.05, 4.69) is 37.9 Å². The second kappa shape index (κ2) is 8.13. The predicted octanol–water partition coefficient (Wildman–Crippen LogP) is 3.22. The van der Waals surface area contributed by atoms with E-state index >= 15 is 0 Å². The van der Waals surface area contributed by atoms with E-state index in [9.17, 15) is 13.6 Å². The molecule has 0 aromatic heterocycles. The lowest BCUT2D eigenvalue weighted by Crippen LogP contribution is -2.56. The fourth-order valence-corrected chi connectivity index (χ4v) is 3.37. The molecule has 1 aliphatic rings. The van der Waals surface area contributed by atoms with E-state index in [-0.39, 0.29) is 23.8 Å². The standard InChI is InChI=1S/C19H28F2N2O2/c1-13-7-14(2)10-23(9-13)19(3,4)12-22-18(24)11-25-17-6-5-15(20)8-16(17)21/h5-6,8,13-14H,7,9-12H2,1-4H3,(H,22,24)/t13-,14-/m1/s1. The summed E-state index contributed by atoms with van der Waals surface area (Å²) in [6.45, 7) is 10.9. The number of ether oxygens (including phenoxy) is 1. The number of hydrogen-bond acceptors (Lipinski definition) is 3. The molecule has 1 aromatic carbocycles. The van der Waals surface area contributed by atoms with Crippen LogP contribution in [0.15, 0.2) is 18.2 Å². The first-order valence-corrected chi connectivity index (χ1v) is 8.77. The number of benzene rings is 1. The van der Waals surface area contributed by atoms with E-state index in [0.717, 1.165) is 25.2 Å². The summed E-state index contributed by atoms with van der Waals surface area (Å²) in [5.74, 6) is -0.665. The number of piperidine rings is 1. The summed E-state index contributed by atoms with van der Waals surface area (Å²) in [5.41, 5.74) is -0.167. The van der Waals surface area contributed by atoms with Gasteiger partial charge >= 0.3 is 0 Å². The van der Waals surface area contributed by atoms with Crippen LogP contribution in [0, 0.1) is 23.5 Å². The highest BCUT2D eigenvalue weighted by atomic mass is 19.1. The van der Waals surface area contributed by atoms with Gasteiger partial charge in [-0.3, -0.25) is 9.69 Å². The molecule has 25 heavy (non-hydrogen) atoms. The lowest BCUT2D eigenvalue weighted by molar-refractivity contribution is -0.123. The number of likely N-dealkylation sites (tertiary alicyclic amines) is 1. The van der Waals surface area contributed by atoms with Gasteiger partial charge in [0.25, 0.3) is 5.91 Å². The molecular formula is C19H28F2N2O2. The molecule has 0 radical (unpaired) electrons. The van der Waals surface area contributed by atoms with Gasteiger partial charge in [-0.2, -0.15) is 0 Å². The first kappa shape index (κ1) is 19.6. The lowest BCUT2D eigenvalue weighted by atomic mass is 9.88. The van der Waals surface area contributed by atoms with Crippen molar-refractivity contribution in [2.75, 3.05) is 26.2 Å². The molecule has 6 heteroatoms. The van der Waals surface area contributed by atoms with Gasteiger partial charge in [0.05, 0.1) is 0 Å². The Labute approximate surface area is 148 Å². The van der Waals surface area contributed by atoms with Crippen molar-refractivity contribution in [1.82, 2.24) is 10.2 Å². The van der Waals surface area contributed by atoms with Crippen molar-refractivity contribution in [3.05, 3.63) is 29.8 Å². The molecule has 4 nitrogen and oxygen atoms in total.